The number of aliphatic hydroxyl groups excluding tert-OH is 24. The molecule has 9 heterocycles. The number of nitrogens with one attached hydrogen (secondary N) is 4. The molecule has 0 saturated carbocycles. The Bertz CT molecular complexity index is 2950. The van der Waals surface area contributed by atoms with Gasteiger partial charge in [-0.15, -0.1) is 0 Å². The van der Waals surface area contributed by atoms with Crippen LogP contribution in [0.4, 0.5) is 0 Å². The summed E-state index contributed by atoms with van der Waals surface area (Å²) in [4.78, 5) is 50.9. The second kappa shape index (κ2) is 39.7. The van der Waals surface area contributed by atoms with Gasteiger partial charge in [-0.05, 0) is 6.92 Å². The quantitative estimate of drug-likeness (QED) is 0.0346. The molecule has 0 aromatic rings. The van der Waals surface area contributed by atoms with Gasteiger partial charge in [-0.2, -0.15) is 0 Å². The van der Waals surface area contributed by atoms with Crippen LogP contribution in [0.2, 0.25) is 0 Å². The van der Waals surface area contributed by atoms with Gasteiger partial charge in [0.2, 0.25) is 23.6 Å². The van der Waals surface area contributed by atoms with E-state index >= 15 is 0 Å². The number of rotatable bonds is 28. The van der Waals surface area contributed by atoms with E-state index in [-0.39, 0.29) is 0 Å². The van der Waals surface area contributed by atoms with Crippen molar-refractivity contribution in [2.24, 2.45) is 0 Å². The number of carbonyl (C=O) groups is 4. The van der Waals surface area contributed by atoms with Gasteiger partial charge in [-0.3, -0.25) is 19.2 Å². The second-order valence-electron chi connectivity index (χ2n) is 28.2. The predicted octanol–water partition coefficient (Wildman–Crippen LogP) is -19.0. The Balaban J connectivity index is 1.05. The lowest BCUT2D eigenvalue weighted by Gasteiger charge is -2.51. The Kier molecular flexibility index (Phi) is 32.6. The first-order valence-electron chi connectivity index (χ1n) is 35.5. The number of hydrogen-bond donors (Lipinski definition) is 28. The molecule has 111 heavy (non-hydrogen) atoms. The highest BCUT2D eigenvalue weighted by Gasteiger charge is 2.61. The van der Waals surface area contributed by atoms with Gasteiger partial charge in [0, 0.05) is 27.7 Å². The third-order valence-corrected chi connectivity index (χ3v) is 20.3. The van der Waals surface area contributed by atoms with Crippen LogP contribution in [0.15, 0.2) is 0 Å². The minimum Gasteiger partial charge on any atom is -0.394 e. The maximum Gasteiger partial charge on any atom is 0.217 e. The van der Waals surface area contributed by atoms with Crippen LogP contribution in [0.5, 0.6) is 0 Å². The molecule has 0 aromatic carbocycles. The average Bonchev–Trinajstić information content (AvgIpc) is 0.768. The average molecular weight is 1630 g/mol. The molecule has 49 heteroatoms. The van der Waals surface area contributed by atoms with Gasteiger partial charge < -0.3 is 224 Å². The van der Waals surface area contributed by atoms with Crippen molar-refractivity contribution in [2.75, 3.05) is 52.9 Å². The minimum atomic E-state index is -2.57. The van der Waals surface area contributed by atoms with Crippen molar-refractivity contribution >= 4 is 23.6 Å². The Morgan fingerprint density at radius 1 is 0.252 bits per heavy atom. The first-order chi connectivity index (χ1) is 52.4. The van der Waals surface area contributed by atoms with E-state index in [1.807, 2.05) is 0 Å². The van der Waals surface area contributed by atoms with E-state index in [2.05, 4.69) is 21.3 Å². The third kappa shape index (κ3) is 20.3. The molecule has 28 N–H and O–H groups in total. The highest BCUT2D eigenvalue weighted by atomic mass is 16.8. The first-order valence-corrected chi connectivity index (χ1v) is 35.5. The van der Waals surface area contributed by atoms with Gasteiger partial charge in [0.25, 0.3) is 0 Å². The molecule has 0 bridgehead atoms. The lowest BCUT2D eigenvalue weighted by atomic mass is 9.93. The molecule has 0 radical (unpaired) electrons. The number of hydrogen-bond acceptors (Lipinski definition) is 45. The lowest BCUT2D eigenvalue weighted by Crippen LogP contribution is -2.71. The molecule has 9 rings (SSSR count). The molecule has 0 aliphatic carbocycles. The second-order valence-corrected chi connectivity index (χ2v) is 28.2. The molecule has 9 saturated heterocycles. The van der Waals surface area contributed by atoms with Crippen LogP contribution in [-0.4, -0.2) is 475 Å². The van der Waals surface area contributed by atoms with Gasteiger partial charge in [-0.1, -0.05) is 0 Å². The van der Waals surface area contributed by atoms with Crippen molar-refractivity contribution < 1.29 is 222 Å². The Morgan fingerprint density at radius 2 is 0.559 bits per heavy atom. The SMILES string of the molecule is CC(=O)N[C@@H]1[C@@H](O)[C@H](O[C@@H]2O[C@H](CO)[C@@H](O[C@@H]3O[C@H](CO[C@H]4O[C@H](CO)[C@@H](O)[C@H](O)[C@@H]4O[C@@H]4O[C@H](CO)[C@@H](O)[C@H](O)[C@H]4NC(C)=O)[C@@H](O)[C@H](O[C@H]4O[C@H](CO)[C@@H](O)[C@H](O)[C@@H]4O[C@@H]4O[C@H](CO)[C@@H](O[C@@H]5O[C@H](CO)[C@H](O)[C@H](O)[C@H]5O)[C@H](O)[C@H]4NC(C)=O)[C@@H]3O)[C@H](O)[C@H]2NC(C)=O)[C@@H](CO[C@@H]2O[C@@H](C)[C@@H](O)[C@@H](O)[C@@H]2O)O[C@H]1O. The maximum atomic E-state index is 13.2. The fourth-order valence-electron chi connectivity index (χ4n) is 14.3. The van der Waals surface area contributed by atoms with E-state index in [9.17, 15) is 142 Å². The van der Waals surface area contributed by atoms with Crippen molar-refractivity contribution in [3.63, 3.8) is 0 Å². The third-order valence-electron chi connectivity index (χ3n) is 20.3. The highest BCUT2D eigenvalue weighted by Crippen LogP contribution is 2.40. The van der Waals surface area contributed by atoms with Crippen molar-refractivity contribution in [2.45, 2.75) is 311 Å². The van der Waals surface area contributed by atoms with Gasteiger partial charge in [0.1, 0.15) is 213 Å². The highest BCUT2D eigenvalue weighted by molar-refractivity contribution is 5.74. The van der Waals surface area contributed by atoms with E-state index in [0.29, 0.717) is 0 Å². The fourth-order valence-corrected chi connectivity index (χ4v) is 14.3. The van der Waals surface area contributed by atoms with E-state index in [4.69, 9.17) is 80.5 Å². The van der Waals surface area contributed by atoms with Crippen LogP contribution < -0.4 is 21.3 Å². The summed E-state index contributed by atoms with van der Waals surface area (Å²) >= 11 is 0. The van der Waals surface area contributed by atoms with E-state index in [0.717, 1.165) is 27.7 Å². The summed E-state index contributed by atoms with van der Waals surface area (Å²) in [5.74, 6) is -3.59. The van der Waals surface area contributed by atoms with Crippen molar-refractivity contribution in [1.82, 2.24) is 21.3 Å². The van der Waals surface area contributed by atoms with E-state index in [1.165, 1.54) is 6.92 Å². The zero-order chi connectivity index (χ0) is 81.8. The Morgan fingerprint density at radius 3 is 1.03 bits per heavy atom. The van der Waals surface area contributed by atoms with Gasteiger partial charge in [0.15, 0.2) is 56.6 Å². The number of aliphatic hydroxyl groups is 24. The molecule has 0 spiro atoms. The topological polar surface area (TPSA) is 759 Å². The molecule has 9 aliphatic rings. The van der Waals surface area contributed by atoms with Gasteiger partial charge >= 0.3 is 0 Å². The molecule has 0 unspecified atom stereocenters. The molecule has 9 aliphatic heterocycles. The molecular weight excluding hydrogens is 1520 g/mol. The van der Waals surface area contributed by atoms with Crippen molar-refractivity contribution in [3.8, 4) is 0 Å². The fraction of sp³-hybridized carbons (Fsp3) is 0.935. The summed E-state index contributed by atoms with van der Waals surface area (Å²) in [6.45, 7) is -3.36. The summed E-state index contributed by atoms with van der Waals surface area (Å²) in [6.07, 6.45) is -83.4. The van der Waals surface area contributed by atoms with Gasteiger partial charge in [0.05, 0.1) is 59.0 Å². The molecule has 9 fully saturated rings. The standard InChI is InChI=1S/C62H104N4O45/c1-14-31(77)41(87)45(91)58(97-14)95-13-26-50(38(84)27(54(94)98-26)63-15(2)73)106-56-29(65-17(4)75)39(85)49(24(11-72)103-56)108-60-47(93)51(36(82)25(105-60)12-96-61-52(43(89)34(80)21(8-69)101-61)110-55-28(64-16(3)74)37(83)32(78)19(6-67)99-55)109-62-53(44(90)35(81)22(9-70)102-62)111-57-30(66-18(5)76)40(86)48(23(10-71)104-57)107-59-46(92)42(88)33(79)20(7-68)100-59/h14,19-62,67-72,77-94H,6-13H2,1-5H3,(H,63,73)(H,64,74)(H,65,75)(H,66,76)/t14-,19+,20+,21+,22+,23+,24+,25+,26+,27+,28+,29+,30+,31+,32+,33-,34+,35+,36+,37+,38+,39+,40+,41+,42-,43-,44-,45-,46+,47-,48+,49+,50+,51-,52-,53-,54+,55-,56-,57-,58+,59-,60-,61-,62+/m0/s1. The van der Waals surface area contributed by atoms with Crippen LogP contribution in [-0.2, 0) is 99.7 Å². The summed E-state index contributed by atoms with van der Waals surface area (Å²) < 4.78 is 101. The van der Waals surface area contributed by atoms with Crippen molar-refractivity contribution in [1.29, 1.82) is 0 Å². The molecule has 642 valence electrons. The minimum absolute atomic E-state index is 0.828. The van der Waals surface area contributed by atoms with Crippen LogP contribution in [0.25, 0.3) is 0 Å². The number of ether oxygens (including phenoxy) is 17. The zero-order valence-corrected chi connectivity index (χ0v) is 59.9. The lowest BCUT2D eigenvalue weighted by molar-refractivity contribution is -0.398. The Hall–Kier alpha value is -3.76. The summed E-state index contributed by atoms with van der Waals surface area (Å²) in [7, 11) is 0. The zero-order valence-electron chi connectivity index (χ0n) is 59.9. The molecule has 45 atom stereocenters. The van der Waals surface area contributed by atoms with E-state index < -0.39 is 353 Å². The number of amides is 4. The van der Waals surface area contributed by atoms with Gasteiger partial charge in [-0.25, -0.2) is 0 Å². The smallest absolute Gasteiger partial charge is 0.217 e. The van der Waals surface area contributed by atoms with Crippen LogP contribution >= 0.6 is 0 Å². The molecule has 49 nitrogen and oxygen atoms in total. The molecular formula is C62H104N4O45. The monoisotopic (exact) mass is 1620 g/mol. The van der Waals surface area contributed by atoms with Crippen LogP contribution in [0.1, 0.15) is 34.6 Å². The summed E-state index contributed by atoms with van der Waals surface area (Å²) in [5, 5.41) is 276. The summed E-state index contributed by atoms with van der Waals surface area (Å²) in [5.41, 5.74) is 0. The molecule has 4 amide bonds. The van der Waals surface area contributed by atoms with E-state index in [1.54, 1.807) is 0 Å². The molecule has 0 aromatic heterocycles. The summed E-state index contributed by atoms with van der Waals surface area (Å²) in [6, 6.07) is -7.40. The first kappa shape index (κ1) is 91.1. The van der Waals surface area contributed by atoms with Crippen LogP contribution in [0.3, 0.4) is 0 Å². The maximum absolute atomic E-state index is 13.2. The Labute approximate surface area is 629 Å². The normalized spacial score (nSPS) is 49.3. The number of carbonyl (C=O) groups excluding carboxylic acids is 4. The largest absolute Gasteiger partial charge is 0.394 e. The predicted molar refractivity (Wildman–Crippen MR) is 342 cm³/mol. The van der Waals surface area contributed by atoms with Crippen molar-refractivity contribution in [3.05, 3.63) is 0 Å². The van der Waals surface area contributed by atoms with Crippen LogP contribution in [0, 0.1) is 0 Å².